The molecule has 1 aromatic carbocycles. The van der Waals surface area contributed by atoms with Crippen molar-refractivity contribution >= 4 is 23.8 Å². The first-order valence-electron chi connectivity index (χ1n) is 7.80. The first-order chi connectivity index (χ1) is 12.9. The summed E-state index contributed by atoms with van der Waals surface area (Å²) in [5, 5.41) is 11.4. The van der Waals surface area contributed by atoms with Gasteiger partial charge in [0, 0.05) is 11.5 Å². The van der Waals surface area contributed by atoms with Gasteiger partial charge in [0.05, 0.1) is 19.8 Å². The number of carbonyl (C=O) groups is 4. The van der Waals surface area contributed by atoms with Gasteiger partial charge < -0.3 is 19.9 Å². The van der Waals surface area contributed by atoms with E-state index in [1.54, 1.807) is 0 Å². The summed E-state index contributed by atoms with van der Waals surface area (Å²) in [5.74, 6) is -7.90. The minimum atomic E-state index is -4.70. The number of hydrogen-bond acceptors (Lipinski definition) is 6. The fraction of sp³-hybridized carbons (Fsp3) is 0.412. The SMILES string of the molecule is COC(=O)C(C(=O)OC)[C@@H](C)[C@H](NC(=O)c1cccc(C(F)(F)F)c1)C(=O)O. The van der Waals surface area contributed by atoms with Crippen LogP contribution in [0.5, 0.6) is 0 Å². The summed E-state index contributed by atoms with van der Waals surface area (Å²) < 4.78 is 47.3. The van der Waals surface area contributed by atoms with E-state index in [1.807, 2.05) is 5.32 Å². The summed E-state index contributed by atoms with van der Waals surface area (Å²) in [4.78, 5) is 47.5. The number of halogens is 3. The maximum absolute atomic E-state index is 12.8. The van der Waals surface area contributed by atoms with Crippen LogP contribution in [0.1, 0.15) is 22.8 Å². The topological polar surface area (TPSA) is 119 Å². The van der Waals surface area contributed by atoms with Gasteiger partial charge in [-0.2, -0.15) is 13.2 Å². The summed E-state index contributed by atoms with van der Waals surface area (Å²) in [7, 11) is 1.95. The summed E-state index contributed by atoms with van der Waals surface area (Å²) in [5.41, 5.74) is -1.54. The fourth-order valence-electron chi connectivity index (χ4n) is 2.45. The molecule has 0 radical (unpaired) electrons. The van der Waals surface area contributed by atoms with Gasteiger partial charge in [0.25, 0.3) is 5.91 Å². The quantitative estimate of drug-likeness (QED) is 0.521. The van der Waals surface area contributed by atoms with E-state index in [9.17, 15) is 37.5 Å². The zero-order chi connectivity index (χ0) is 21.6. The molecule has 0 aliphatic rings. The summed E-state index contributed by atoms with van der Waals surface area (Å²) >= 11 is 0. The molecule has 0 saturated heterocycles. The second-order valence-corrected chi connectivity index (χ2v) is 5.75. The number of amides is 1. The number of esters is 2. The molecule has 28 heavy (non-hydrogen) atoms. The van der Waals surface area contributed by atoms with Crippen molar-refractivity contribution in [1.29, 1.82) is 0 Å². The van der Waals surface area contributed by atoms with Gasteiger partial charge in [-0.3, -0.25) is 14.4 Å². The first-order valence-corrected chi connectivity index (χ1v) is 7.80. The maximum atomic E-state index is 12.8. The average Bonchev–Trinajstić information content (AvgIpc) is 2.64. The standard InChI is InChI=1S/C17H18F3NO7/c1-8(11(15(25)27-2)16(26)28-3)12(14(23)24)21-13(22)9-5-4-6-10(7-9)17(18,19)20/h4-8,11-12H,1-3H3,(H,21,22)(H,23,24)/t8-,12+/m1/s1. The second-order valence-electron chi connectivity index (χ2n) is 5.75. The number of carboxylic acids is 1. The van der Waals surface area contributed by atoms with Crippen LogP contribution in [0, 0.1) is 11.8 Å². The molecular weight excluding hydrogens is 387 g/mol. The Balaban J connectivity index is 3.16. The largest absolute Gasteiger partial charge is 0.480 e. The van der Waals surface area contributed by atoms with Crippen molar-refractivity contribution in [2.75, 3.05) is 14.2 Å². The van der Waals surface area contributed by atoms with E-state index < -0.39 is 59.0 Å². The second kappa shape index (κ2) is 9.20. The van der Waals surface area contributed by atoms with Gasteiger partial charge in [0.1, 0.15) is 6.04 Å². The van der Waals surface area contributed by atoms with Crippen LogP contribution in [0.4, 0.5) is 13.2 Å². The summed E-state index contributed by atoms with van der Waals surface area (Å²) in [6, 6.07) is 1.56. The Morgan fingerprint density at radius 2 is 1.61 bits per heavy atom. The smallest absolute Gasteiger partial charge is 0.416 e. The number of nitrogens with one attached hydrogen (secondary N) is 1. The van der Waals surface area contributed by atoms with Crippen molar-refractivity contribution in [3.63, 3.8) is 0 Å². The lowest BCUT2D eigenvalue weighted by molar-refractivity contribution is -0.162. The van der Waals surface area contributed by atoms with Crippen LogP contribution in [0.2, 0.25) is 0 Å². The van der Waals surface area contributed by atoms with Crippen LogP contribution in [0.3, 0.4) is 0 Å². The number of aliphatic carboxylic acids is 1. The van der Waals surface area contributed by atoms with Crippen molar-refractivity contribution in [3.05, 3.63) is 35.4 Å². The Kier molecular flexibility index (Phi) is 7.53. The van der Waals surface area contributed by atoms with E-state index >= 15 is 0 Å². The highest BCUT2D eigenvalue weighted by Gasteiger charge is 2.42. The zero-order valence-electron chi connectivity index (χ0n) is 15.1. The third-order valence-electron chi connectivity index (χ3n) is 3.97. The Labute approximate surface area is 157 Å². The van der Waals surface area contributed by atoms with E-state index in [0.29, 0.717) is 6.07 Å². The van der Waals surface area contributed by atoms with Crippen LogP contribution in [0.25, 0.3) is 0 Å². The van der Waals surface area contributed by atoms with Gasteiger partial charge in [-0.05, 0) is 18.2 Å². The molecule has 2 N–H and O–H groups in total. The fourth-order valence-corrected chi connectivity index (χ4v) is 2.45. The molecule has 11 heteroatoms. The minimum Gasteiger partial charge on any atom is -0.480 e. The minimum absolute atomic E-state index is 0.444. The summed E-state index contributed by atoms with van der Waals surface area (Å²) in [6.07, 6.45) is -4.70. The Hall–Kier alpha value is -3.11. The Bertz CT molecular complexity index is 747. The molecule has 1 aromatic rings. The third-order valence-corrected chi connectivity index (χ3v) is 3.97. The molecule has 154 valence electrons. The highest BCUT2D eigenvalue weighted by atomic mass is 19.4. The van der Waals surface area contributed by atoms with E-state index in [2.05, 4.69) is 9.47 Å². The van der Waals surface area contributed by atoms with Crippen molar-refractivity contribution in [1.82, 2.24) is 5.32 Å². The predicted octanol–water partition coefficient (Wildman–Crippen LogP) is 1.49. The van der Waals surface area contributed by atoms with Crippen LogP contribution >= 0.6 is 0 Å². The van der Waals surface area contributed by atoms with Gasteiger partial charge in [0.15, 0.2) is 5.92 Å². The van der Waals surface area contributed by atoms with E-state index in [-0.39, 0.29) is 0 Å². The zero-order valence-corrected chi connectivity index (χ0v) is 15.1. The highest BCUT2D eigenvalue weighted by Crippen LogP contribution is 2.29. The number of hydrogen-bond donors (Lipinski definition) is 2. The molecule has 0 fully saturated rings. The van der Waals surface area contributed by atoms with Crippen molar-refractivity contribution < 1.29 is 46.9 Å². The molecule has 2 atom stereocenters. The first kappa shape index (κ1) is 22.9. The Morgan fingerprint density at radius 1 is 1.07 bits per heavy atom. The van der Waals surface area contributed by atoms with Crippen LogP contribution in [0.15, 0.2) is 24.3 Å². The molecule has 1 amide bonds. The van der Waals surface area contributed by atoms with Gasteiger partial charge >= 0.3 is 24.1 Å². The van der Waals surface area contributed by atoms with Crippen LogP contribution in [-0.2, 0) is 30.0 Å². The van der Waals surface area contributed by atoms with Gasteiger partial charge in [-0.1, -0.05) is 13.0 Å². The molecule has 0 unspecified atom stereocenters. The van der Waals surface area contributed by atoms with E-state index in [0.717, 1.165) is 32.4 Å². The number of carbonyl (C=O) groups excluding carboxylic acids is 3. The number of rotatable bonds is 7. The van der Waals surface area contributed by atoms with Crippen molar-refractivity contribution in [2.24, 2.45) is 11.8 Å². The van der Waals surface area contributed by atoms with Crippen LogP contribution < -0.4 is 5.32 Å². The molecule has 8 nitrogen and oxygen atoms in total. The lowest BCUT2D eigenvalue weighted by atomic mass is 9.87. The van der Waals surface area contributed by atoms with Crippen LogP contribution in [-0.4, -0.2) is 49.2 Å². The monoisotopic (exact) mass is 405 g/mol. The summed E-state index contributed by atoms with van der Waals surface area (Å²) in [6.45, 7) is 1.18. The maximum Gasteiger partial charge on any atom is 0.416 e. The average molecular weight is 405 g/mol. The predicted molar refractivity (Wildman–Crippen MR) is 87.0 cm³/mol. The molecule has 0 aromatic heterocycles. The molecule has 0 aliphatic carbocycles. The van der Waals surface area contributed by atoms with Gasteiger partial charge in [-0.15, -0.1) is 0 Å². The number of alkyl halides is 3. The molecule has 0 bridgehead atoms. The molecule has 0 heterocycles. The van der Waals surface area contributed by atoms with Gasteiger partial charge in [0.2, 0.25) is 0 Å². The van der Waals surface area contributed by atoms with Crippen molar-refractivity contribution in [2.45, 2.75) is 19.1 Å². The number of carboxylic acid groups (broad SMARTS) is 1. The third kappa shape index (κ3) is 5.44. The molecule has 0 spiro atoms. The van der Waals surface area contributed by atoms with Crippen molar-refractivity contribution in [3.8, 4) is 0 Å². The normalized spacial score (nSPS) is 13.4. The van der Waals surface area contributed by atoms with Gasteiger partial charge in [-0.25, -0.2) is 4.79 Å². The Morgan fingerprint density at radius 3 is 2.04 bits per heavy atom. The van der Waals surface area contributed by atoms with E-state index in [1.165, 1.54) is 6.92 Å². The molecule has 0 saturated carbocycles. The molecular formula is C17H18F3NO7. The number of methoxy groups -OCH3 is 2. The number of benzene rings is 1. The highest BCUT2D eigenvalue weighted by molar-refractivity contribution is 5.98. The molecule has 0 aliphatic heterocycles. The lowest BCUT2D eigenvalue weighted by Gasteiger charge is -2.26. The molecule has 1 rings (SSSR count). The number of ether oxygens (including phenoxy) is 2. The van der Waals surface area contributed by atoms with E-state index in [4.69, 9.17) is 0 Å². The lowest BCUT2D eigenvalue weighted by Crippen LogP contribution is -2.50.